The zero-order chi connectivity index (χ0) is 19.4. The van der Waals surface area contributed by atoms with Crippen molar-refractivity contribution < 1.29 is 4.74 Å². The first-order valence-electron chi connectivity index (χ1n) is 11.5. The standard InChI is InChI=1S/C24H45NO/c1-20(2)12-8-6-10-14-23-18-24(26-19-25,17-15-22(23)5)16-11-7-9-13-21(3)4/h20-23H,6-18H2,1-5H3. The molecule has 2 heteroatoms. The van der Waals surface area contributed by atoms with Crippen LogP contribution < -0.4 is 0 Å². The Balaban J connectivity index is 2.43. The van der Waals surface area contributed by atoms with Gasteiger partial charge in [0.1, 0.15) is 5.60 Å². The van der Waals surface area contributed by atoms with Crippen LogP contribution in [0.3, 0.4) is 0 Å². The molecule has 3 atom stereocenters. The van der Waals surface area contributed by atoms with E-state index in [4.69, 9.17) is 4.74 Å². The van der Waals surface area contributed by atoms with Crippen LogP contribution in [0.5, 0.6) is 0 Å². The lowest BCUT2D eigenvalue weighted by molar-refractivity contribution is -0.0444. The van der Waals surface area contributed by atoms with Crippen LogP contribution in [0.1, 0.15) is 118 Å². The number of hydrogen-bond acceptors (Lipinski definition) is 2. The summed E-state index contributed by atoms with van der Waals surface area (Å²) < 4.78 is 5.74. The summed E-state index contributed by atoms with van der Waals surface area (Å²) in [6, 6.07) is 0. The molecule has 26 heavy (non-hydrogen) atoms. The molecule has 0 bridgehead atoms. The summed E-state index contributed by atoms with van der Waals surface area (Å²) in [5, 5.41) is 9.24. The average Bonchev–Trinajstić information content (AvgIpc) is 2.57. The maximum absolute atomic E-state index is 9.24. The Bertz CT molecular complexity index is 398. The minimum absolute atomic E-state index is 0.151. The van der Waals surface area contributed by atoms with Crippen LogP contribution in [0.25, 0.3) is 0 Å². The number of unbranched alkanes of at least 4 members (excludes halogenated alkanes) is 4. The molecule has 0 aromatic rings. The fraction of sp³-hybridized carbons (Fsp3) is 0.958. The molecule has 0 aliphatic heterocycles. The summed E-state index contributed by atoms with van der Waals surface area (Å²) in [7, 11) is 0. The smallest absolute Gasteiger partial charge is 0.286 e. The van der Waals surface area contributed by atoms with Crippen LogP contribution in [-0.4, -0.2) is 5.60 Å². The normalized spacial score (nSPS) is 26.2. The fourth-order valence-electron chi connectivity index (χ4n) is 4.67. The molecule has 152 valence electrons. The van der Waals surface area contributed by atoms with Gasteiger partial charge in [0.15, 0.2) is 0 Å². The van der Waals surface area contributed by atoms with Crippen LogP contribution in [-0.2, 0) is 4.74 Å². The number of nitriles is 1. The third kappa shape index (κ3) is 9.29. The van der Waals surface area contributed by atoms with E-state index in [2.05, 4.69) is 40.9 Å². The molecule has 1 aliphatic rings. The molecule has 0 aromatic heterocycles. The summed E-state index contributed by atoms with van der Waals surface area (Å²) >= 11 is 0. The van der Waals surface area contributed by atoms with Crippen molar-refractivity contribution >= 4 is 0 Å². The van der Waals surface area contributed by atoms with Gasteiger partial charge >= 0.3 is 0 Å². The van der Waals surface area contributed by atoms with Gasteiger partial charge in [0, 0.05) is 0 Å². The Labute approximate surface area is 164 Å². The zero-order valence-corrected chi connectivity index (χ0v) is 18.4. The maximum atomic E-state index is 9.24. The van der Waals surface area contributed by atoms with Crippen molar-refractivity contribution in [2.45, 2.75) is 124 Å². The van der Waals surface area contributed by atoms with Crippen molar-refractivity contribution in [3.63, 3.8) is 0 Å². The minimum Gasteiger partial charge on any atom is -0.421 e. The van der Waals surface area contributed by atoms with Gasteiger partial charge in [0.25, 0.3) is 6.26 Å². The second-order valence-corrected chi connectivity index (χ2v) is 9.88. The van der Waals surface area contributed by atoms with Gasteiger partial charge in [-0.25, -0.2) is 0 Å². The molecule has 1 aliphatic carbocycles. The topological polar surface area (TPSA) is 33.0 Å². The van der Waals surface area contributed by atoms with Gasteiger partial charge in [-0.1, -0.05) is 86.0 Å². The molecule has 0 saturated heterocycles. The van der Waals surface area contributed by atoms with Crippen molar-refractivity contribution in [3.8, 4) is 6.26 Å². The number of nitrogens with zero attached hydrogens (tertiary/aromatic N) is 1. The van der Waals surface area contributed by atoms with E-state index < -0.39 is 0 Å². The molecule has 0 spiro atoms. The van der Waals surface area contributed by atoms with Gasteiger partial charge in [-0.05, 0) is 55.8 Å². The summed E-state index contributed by atoms with van der Waals surface area (Å²) in [4.78, 5) is 0. The predicted molar refractivity (Wildman–Crippen MR) is 112 cm³/mol. The van der Waals surface area contributed by atoms with Gasteiger partial charge in [0.05, 0.1) is 0 Å². The highest BCUT2D eigenvalue weighted by atomic mass is 16.5. The molecule has 2 nitrogen and oxygen atoms in total. The third-order valence-corrected chi connectivity index (χ3v) is 6.53. The van der Waals surface area contributed by atoms with E-state index in [1.165, 1.54) is 64.2 Å². The van der Waals surface area contributed by atoms with Crippen molar-refractivity contribution in [1.29, 1.82) is 5.26 Å². The molecule has 0 radical (unpaired) electrons. The van der Waals surface area contributed by atoms with Crippen molar-refractivity contribution in [3.05, 3.63) is 0 Å². The van der Waals surface area contributed by atoms with E-state index in [1.54, 1.807) is 0 Å². The molecule has 0 N–H and O–H groups in total. The predicted octanol–water partition coefficient (Wildman–Crippen LogP) is 7.87. The maximum Gasteiger partial charge on any atom is 0.286 e. The van der Waals surface area contributed by atoms with Crippen molar-refractivity contribution in [2.24, 2.45) is 23.7 Å². The summed E-state index contributed by atoms with van der Waals surface area (Å²) in [5.74, 6) is 3.16. The minimum atomic E-state index is -0.151. The Hall–Kier alpha value is -0.710. The first kappa shape index (κ1) is 23.3. The van der Waals surface area contributed by atoms with E-state index in [9.17, 15) is 5.26 Å². The van der Waals surface area contributed by atoms with E-state index >= 15 is 0 Å². The van der Waals surface area contributed by atoms with E-state index in [1.807, 2.05) is 0 Å². The molecule has 1 saturated carbocycles. The SMILES string of the molecule is CC(C)CCCCCC1CC(CCCCCC(C)C)(OC#N)CCC1C. The largest absolute Gasteiger partial charge is 0.421 e. The van der Waals surface area contributed by atoms with Gasteiger partial charge in [0.2, 0.25) is 0 Å². The lowest BCUT2D eigenvalue weighted by atomic mass is 9.69. The molecule has 0 amide bonds. The van der Waals surface area contributed by atoms with Crippen LogP contribution >= 0.6 is 0 Å². The Morgan fingerprint density at radius 2 is 1.58 bits per heavy atom. The van der Waals surface area contributed by atoms with Crippen molar-refractivity contribution in [1.82, 2.24) is 0 Å². The van der Waals surface area contributed by atoms with E-state index in [0.717, 1.165) is 42.9 Å². The zero-order valence-electron chi connectivity index (χ0n) is 18.4. The van der Waals surface area contributed by atoms with Gasteiger partial charge < -0.3 is 4.74 Å². The number of hydrogen-bond donors (Lipinski definition) is 0. The van der Waals surface area contributed by atoms with Crippen LogP contribution in [0.15, 0.2) is 0 Å². The van der Waals surface area contributed by atoms with Crippen LogP contribution in [0.2, 0.25) is 0 Å². The van der Waals surface area contributed by atoms with Gasteiger partial charge in [-0.15, -0.1) is 0 Å². The van der Waals surface area contributed by atoms with E-state index in [-0.39, 0.29) is 5.60 Å². The Kier molecular flexibility index (Phi) is 11.3. The second-order valence-electron chi connectivity index (χ2n) is 9.88. The van der Waals surface area contributed by atoms with Crippen LogP contribution in [0, 0.1) is 35.2 Å². The molecule has 1 rings (SSSR count). The lowest BCUT2D eigenvalue weighted by Gasteiger charge is -2.42. The van der Waals surface area contributed by atoms with Gasteiger partial charge in [-0.2, -0.15) is 5.26 Å². The van der Waals surface area contributed by atoms with Crippen LogP contribution in [0.4, 0.5) is 0 Å². The fourth-order valence-corrected chi connectivity index (χ4v) is 4.67. The molecule has 3 unspecified atom stereocenters. The summed E-state index contributed by atoms with van der Waals surface area (Å²) in [6.07, 6.45) is 18.4. The first-order valence-corrected chi connectivity index (χ1v) is 11.5. The molecular weight excluding hydrogens is 318 g/mol. The molecule has 1 fully saturated rings. The third-order valence-electron chi connectivity index (χ3n) is 6.53. The van der Waals surface area contributed by atoms with E-state index in [0.29, 0.717) is 0 Å². The quantitative estimate of drug-likeness (QED) is 0.246. The number of ether oxygens (including phenoxy) is 1. The lowest BCUT2D eigenvalue weighted by Crippen LogP contribution is -2.40. The monoisotopic (exact) mass is 363 g/mol. The van der Waals surface area contributed by atoms with Gasteiger partial charge in [-0.3, -0.25) is 0 Å². The highest BCUT2D eigenvalue weighted by Crippen LogP contribution is 2.43. The second kappa shape index (κ2) is 12.6. The Morgan fingerprint density at radius 1 is 0.962 bits per heavy atom. The average molecular weight is 364 g/mol. The molecular formula is C24H45NO. The highest BCUT2D eigenvalue weighted by Gasteiger charge is 2.40. The van der Waals surface area contributed by atoms with Crippen molar-refractivity contribution in [2.75, 3.05) is 0 Å². The highest BCUT2D eigenvalue weighted by molar-refractivity contribution is 4.92. The first-order chi connectivity index (χ1) is 12.4. The summed E-state index contributed by atoms with van der Waals surface area (Å²) in [5.41, 5.74) is -0.151. The number of rotatable bonds is 13. The molecule has 0 aromatic carbocycles. The Morgan fingerprint density at radius 3 is 2.15 bits per heavy atom. The summed E-state index contributed by atoms with van der Waals surface area (Å²) in [6.45, 7) is 11.6. The molecule has 0 heterocycles.